The molecule has 8 heteroatoms. The van der Waals surface area contributed by atoms with Crippen LogP contribution in [0.15, 0.2) is 30.3 Å². The van der Waals surface area contributed by atoms with Crippen molar-refractivity contribution >= 4 is 22.9 Å². The first kappa shape index (κ1) is 22.0. The van der Waals surface area contributed by atoms with Crippen LogP contribution in [0.4, 0.5) is 10.6 Å². The number of aromatic nitrogens is 4. The molecule has 3 heterocycles. The zero-order valence-corrected chi connectivity index (χ0v) is 19.5. The van der Waals surface area contributed by atoms with E-state index >= 15 is 0 Å². The predicted octanol–water partition coefficient (Wildman–Crippen LogP) is 3.56. The van der Waals surface area contributed by atoms with Crippen LogP contribution in [0.5, 0.6) is 0 Å². The van der Waals surface area contributed by atoms with Gasteiger partial charge < -0.3 is 15.1 Å². The second-order valence-corrected chi connectivity index (χ2v) is 8.76. The molecule has 0 radical (unpaired) electrons. The first-order valence-corrected chi connectivity index (χ1v) is 11.6. The number of urea groups is 1. The van der Waals surface area contributed by atoms with Gasteiger partial charge in [0.15, 0.2) is 5.65 Å². The van der Waals surface area contributed by atoms with Gasteiger partial charge in [0.25, 0.3) is 0 Å². The Morgan fingerprint density at radius 2 is 1.88 bits per heavy atom. The van der Waals surface area contributed by atoms with Crippen LogP contribution in [-0.4, -0.2) is 63.4 Å². The van der Waals surface area contributed by atoms with Gasteiger partial charge in [-0.1, -0.05) is 32.0 Å². The number of amides is 2. The largest absolute Gasteiger partial charge is 0.354 e. The highest BCUT2D eigenvalue weighted by Crippen LogP contribution is 2.30. The number of benzene rings is 1. The van der Waals surface area contributed by atoms with E-state index in [4.69, 9.17) is 15.1 Å². The van der Waals surface area contributed by atoms with Crippen molar-refractivity contribution in [2.24, 2.45) is 5.92 Å². The molecular weight excluding hydrogens is 402 g/mol. The number of nitrogens with zero attached hydrogens (tertiary/aromatic N) is 6. The second-order valence-electron chi connectivity index (χ2n) is 8.76. The zero-order chi connectivity index (χ0) is 22.7. The SMILES string of the molecule is CCNC(=O)N1CCCN(c2nc(CC(C)C)nc3c2c(C)nn3-c2ccccc2)CC1. The number of rotatable bonds is 5. The average Bonchev–Trinajstić information content (AvgIpc) is 2.95. The molecule has 1 aliphatic rings. The molecule has 1 aromatic carbocycles. The smallest absolute Gasteiger partial charge is 0.317 e. The van der Waals surface area contributed by atoms with Gasteiger partial charge in [-0.05, 0) is 38.3 Å². The molecule has 0 bridgehead atoms. The van der Waals surface area contributed by atoms with Gasteiger partial charge in [0.2, 0.25) is 0 Å². The van der Waals surface area contributed by atoms with Gasteiger partial charge in [0.1, 0.15) is 11.6 Å². The second kappa shape index (κ2) is 9.54. The summed E-state index contributed by atoms with van der Waals surface area (Å²) >= 11 is 0. The lowest BCUT2D eigenvalue weighted by Crippen LogP contribution is -2.42. The number of nitrogens with one attached hydrogen (secondary N) is 1. The molecular formula is C24H33N7O. The Kier molecular flexibility index (Phi) is 6.58. The van der Waals surface area contributed by atoms with Crippen molar-refractivity contribution in [2.45, 2.75) is 40.5 Å². The summed E-state index contributed by atoms with van der Waals surface area (Å²) in [7, 11) is 0. The average molecular weight is 436 g/mol. The van der Waals surface area contributed by atoms with Gasteiger partial charge in [-0.15, -0.1) is 0 Å². The first-order valence-electron chi connectivity index (χ1n) is 11.6. The molecule has 0 spiro atoms. The zero-order valence-electron chi connectivity index (χ0n) is 19.5. The minimum absolute atomic E-state index is 0.00996. The van der Waals surface area contributed by atoms with Gasteiger partial charge in [-0.25, -0.2) is 19.4 Å². The van der Waals surface area contributed by atoms with Gasteiger partial charge in [0, 0.05) is 39.1 Å². The number of carbonyl (C=O) groups excluding carboxylic acids is 1. The van der Waals surface area contributed by atoms with Crippen LogP contribution in [0, 0.1) is 12.8 Å². The Morgan fingerprint density at radius 3 is 2.59 bits per heavy atom. The van der Waals surface area contributed by atoms with Crippen molar-refractivity contribution in [2.75, 3.05) is 37.6 Å². The summed E-state index contributed by atoms with van der Waals surface area (Å²) in [4.78, 5) is 26.5. The topological polar surface area (TPSA) is 79.2 Å². The summed E-state index contributed by atoms with van der Waals surface area (Å²) in [5.41, 5.74) is 2.75. The predicted molar refractivity (Wildman–Crippen MR) is 127 cm³/mol. The lowest BCUT2D eigenvalue weighted by molar-refractivity contribution is 0.202. The van der Waals surface area contributed by atoms with Crippen LogP contribution in [0.3, 0.4) is 0 Å². The third kappa shape index (κ3) is 4.54. The number of hydrogen-bond acceptors (Lipinski definition) is 5. The number of para-hydroxylation sites is 1. The van der Waals surface area contributed by atoms with E-state index in [1.54, 1.807) is 0 Å². The van der Waals surface area contributed by atoms with E-state index in [9.17, 15) is 4.79 Å². The quantitative estimate of drug-likeness (QED) is 0.663. The molecule has 2 amide bonds. The minimum atomic E-state index is 0.00996. The Labute approximate surface area is 189 Å². The van der Waals surface area contributed by atoms with Crippen molar-refractivity contribution in [3.63, 3.8) is 0 Å². The molecule has 3 aromatic rings. The fourth-order valence-electron chi connectivity index (χ4n) is 4.24. The number of hydrogen-bond donors (Lipinski definition) is 1. The number of fused-ring (bicyclic) bond motifs is 1. The van der Waals surface area contributed by atoms with E-state index in [0.717, 1.165) is 66.5 Å². The van der Waals surface area contributed by atoms with Gasteiger partial charge in [-0.3, -0.25) is 0 Å². The van der Waals surface area contributed by atoms with Crippen LogP contribution < -0.4 is 10.2 Å². The molecule has 1 aliphatic heterocycles. The molecule has 32 heavy (non-hydrogen) atoms. The van der Waals surface area contributed by atoms with E-state index in [2.05, 4.69) is 24.1 Å². The normalized spacial score (nSPS) is 14.8. The minimum Gasteiger partial charge on any atom is -0.354 e. The lowest BCUT2D eigenvalue weighted by Gasteiger charge is -2.24. The fraction of sp³-hybridized carbons (Fsp3) is 0.500. The highest BCUT2D eigenvalue weighted by molar-refractivity contribution is 5.91. The first-order chi connectivity index (χ1) is 15.5. The summed E-state index contributed by atoms with van der Waals surface area (Å²) in [5.74, 6) is 2.22. The summed E-state index contributed by atoms with van der Waals surface area (Å²) in [6.07, 6.45) is 1.70. The van der Waals surface area contributed by atoms with E-state index in [1.807, 2.05) is 53.8 Å². The maximum atomic E-state index is 12.4. The molecule has 0 atom stereocenters. The molecule has 1 saturated heterocycles. The molecule has 2 aromatic heterocycles. The number of anilines is 1. The molecule has 1 fully saturated rings. The van der Waals surface area contributed by atoms with Crippen LogP contribution in [-0.2, 0) is 6.42 Å². The monoisotopic (exact) mass is 435 g/mol. The van der Waals surface area contributed by atoms with Crippen LogP contribution in [0.25, 0.3) is 16.7 Å². The Bertz CT molecular complexity index is 1080. The Hall–Kier alpha value is -3.16. The molecule has 1 N–H and O–H groups in total. The van der Waals surface area contributed by atoms with Crippen molar-refractivity contribution in [1.82, 2.24) is 30.0 Å². The van der Waals surface area contributed by atoms with Crippen molar-refractivity contribution < 1.29 is 4.79 Å². The Balaban J connectivity index is 1.76. The molecule has 8 nitrogen and oxygen atoms in total. The van der Waals surface area contributed by atoms with Crippen LogP contribution in [0.2, 0.25) is 0 Å². The van der Waals surface area contributed by atoms with Crippen molar-refractivity contribution in [3.8, 4) is 5.69 Å². The van der Waals surface area contributed by atoms with Gasteiger partial charge in [0.05, 0.1) is 16.8 Å². The summed E-state index contributed by atoms with van der Waals surface area (Å²) in [5, 5.41) is 8.75. The molecule has 0 unspecified atom stereocenters. The molecule has 4 rings (SSSR count). The lowest BCUT2D eigenvalue weighted by atomic mass is 10.1. The molecule has 0 aliphatic carbocycles. The molecule has 0 saturated carbocycles. The number of carbonyl (C=O) groups is 1. The van der Waals surface area contributed by atoms with E-state index < -0.39 is 0 Å². The van der Waals surface area contributed by atoms with Crippen LogP contribution >= 0.6 is 0 Å². The Morgan fingerprint density at radius 1 is 1.09 bits per heavy atom. The van der Waals surface area contributed by atoms with Gasteiger partial charge in [-0.2, -0.15) is 5.10 Å². The maximum Gasteiger partial charge on any atom is 0.317 e. The maximum absolute atomic E-state index is 12.4. The summed E-state index contributed by atoms with van der Waals surface area (Å²) < 4.78 is 1.93. The van der Waals surface area contributed by atoms with Crippen molar-refractivity contribution in [1.29, 1.82) is 0 Å². The van der Waals surface area contributed by atoms with Crippen molar-refractivity contribution in [3.05, 3.63) is 41.9 Å². The standard InChI is InChI=1S/C24H33N7O/c1-5-25-24(32)30-13-9-12-29(14-15-30)22-21-18(4)28-31(19-10-7-6-8-11-19)23(21)27-20(26-22)16-17(2)3/h6-8,10-11,17H,5,9,12-16H2,1-4H3,(H,25,32). The van der Waals surface area contributed by atoms with E-state index in [1.165, 1.54) is 0 Å². The number of aryl methyl sites for hydroxylation is 1. The third-order valence-corrected chi connectivity index (χ3v) is 5.73. The highest BCUT2D eigenvalue weighted by atomic mass is 16.2. The molecule has 170 valence electrons. The summed E-state index contributed by atoms with van der Waals surface area (Å²) in [6, 6.07) is 10.1. The van der Waals surface area contributed by atoms with Crippen LogP contribution in [0.1, 0.15) is 38.7 Å². The van der Waals surface area contributed by atoms with Gasteiger partial charge >= 0.3 is 6.03 Å². The summed E-state index contributed by atoms with van der Waals surface area (Å²) in [6.45, 7) is 12.0. The fourth-order valence-corrected chi connectivity index (χ4v) is 4.24. The van der Waals surface area contributed by atoms with E-state index in [0.29, 0.717) is 19.0 Å². The highest BCUT2D eigenvalue weighted by Gasteiger charge is 2.25. The van der Waals surface area contributed by atoms with E-state index in [-0.39, 0.29) is 6.03 Å². The third-order valence-electron chi connectivity index (χ3n) is 5.73.